The molecule has 0 bridgehead atoms. The van der Waals surface area contributed by atoms with E-state index in [2.05, 4.69) is 41.3 Å². The van der Waals surface area contributed by atoms with Crippen LogP contribution in [0, 0.1) is 24.0 Å². The number of nitrogens with zero attached hydrogens (tertiary/aromatic N) is 6. The van der Waals surface area contributed by atoms with Crippen LogP contribution < -0.4 is 21.3 Å². The number of carbonyl (C=O) groups is 3. The summed E-state index contributed by atoms with van der Waals surface area (Å²) in [5.41, 5.74) is 4.95. The highest BCUT2D eigenvalue weighted by atomic mass is 35.5. The number of halogens is 3. The van der Waals surface area contributed by atoms with E-state index in [1.807, 2.05) is 68.3 Å². The maximum Gasteiger partial charge on any atom is 0.246 e. The summed E-state index contributed by atoms with van der Waals surface area (Å²) in [4.78, 5) is 56.0. The quantitative estimate of drug-likeness (QED) is 0.0450. The first-order valence-electron chi connectivity index (χ1n) is 21.7. The molecule has 0 radical (unpaired) electrons. The van der Waals surface area contributed by atoms with Crippen molar-refractivity contribution in [3.05, 3.63) is 100 Å². The van der Waals surface area contributed by atoms with Crippen LogP contribution in [0.5, 0.6) is 0 Å². The normalized spacial score (nSPS) is 15.5. The lowest BCUT2D eigenvalue weighted by Gasteiger charge is -2.35. The van der Waals surface area contributed by atoms with Gasteiger partial charge in [-0.05, 0) is 54.5 Å². The maximum absolute atomic E-state index is 14.0. The van der Waals surface area contributed by atoms with Crippen LogP contribution in [-0.4, -0.2) is 77.2 Å². The van der Waals surface area contributed by atoms with Crippen LogP contribution in [0.4, 0.5) is 26.2 Å². The molecule has 342 valence electrons. The minimum Gasteiger partial charge on any atom is -0.391 e. The second-order valence-electron chi connectivity index (χ2n) is 17.3. The highest BCUT2D eigenvalue weighted by Gasteiger charge is 2.44. The fourth-order valence-corrected chi connectivity index (χ4v) is 8.51. The molecule has 1 saturated heterocycles. The molecule has 0 unspecified atom stereocenters. The summed E-state index contributed by atoms with van der Waals surface area (Å²) in [7, 11) is 0. The molecule has 2 aromatic carbocycles. The first-order chi connectivity index (χ1) is 30.6. The van der Waals surface area contributed by atoms with E-state index in [4.69, 9.17) is 11.6 Å². The number of thiazole rings is 1. The molecule has 3 atom stereocenters. The summed E-state index contributed by atoms with van der Waals surface area (Å²) < 4.78 is 29.4. The number of aromatic nitrogens is 5. The molecular weight excluding hydrogens is 862 g/mol. The van der Waals surface area contributed by atoms with Crippen LogP contribution in [0.2, 0.25) is 5.02 Å². The Morgan fingerprint density at radius 3 is 2.42 bits per heavy atom. The topological polar surface area (TPSA) is 179 Å². The Morgan fingerprint density at radius 1 is 0.969 bits per heavy atom. The zero-order valence-electron chi connectivity index (χ0n) is 36.7. The van der Waals surface area contributed by atoms with Gasteiger partial charge in [0.15, 0.2) is 5.82 Å². The molecule has 6 rings (SSSR count). The lowest BCUT2D eigenvalue weighted by molar-refractivity contribution is -0.144. The Kier molecular flexibility index (Phi) is 16.8. The third-order valence-electron chi connectivity index (χ3n) is 11.1. The van der Waals surface area contributed by atoms with Crippen molar-refractivity contribution in [3.8, 4) is 10.4 Å². The van der Waals surface area contributed by atoms with Crippen molar-refractivity contribution in [2.24, 2.45) is 5.41 Å². The van der Waals surface area contributed by atoms with Crippen molar-refractivity contribution >= 4 is 58.1 Å². The van der Waals surface area contributed by atoms with Gasteiger partial charge in [-0.2, -0.15) is 10.1 Å². The maximum atomic E-state index is 14.0. The lowest BCUT2D eigenvalue weighted by Crippen LogP contribution is -2.57. The number of aliphatic hydroxyl groups is 1. The van der Waals surface area contributed by atoms with E-state index in [9.17, 15) is 28.3 Å². The summed E-state index contributed by atoms with van der Waals surface area (Å²) in [6, 6.07) is 9.44. The molecule has 0 spiro atoms. The molecule has 1 fully saturated rings. The summed E-state index contributed by atoms with van der Waals surface area (Å²) in [6.45, 7) is 8.63. The van der Waals surface area contributed by atoms with Crippen LogP contribution in [0.25, 0.3) is 10.4 Å². The molecule has 0 aliphatic carbocycles. The van der Waals surface area contributed by atoms with E-state index in [1.165, 1.54) is 11.1 Å². The molecular formula is C46H57ClF2N10O4S. The second kappa shape index (κ2) is 22.4. The van der Waals surface area contributed by atoms with Gasteiger partial charge < -0.3 is 31.3 Å². The number of amides is 3. The molecule has 1 aliphatic heterocycles. The fraction of sp³-hybridized carbons (Fsp3) is 0.457. The van der Waals surface area contributed by atoms with Crippen LogP contribution in [0.1, 0.15) is 95.4 Å². The number of hydrogen-bond acceptors (Lipinski definition) is 11. The summed E-state index contributed by atoms with van der Waals surface area (Å²) >= 11 is 7.81. The highest BCUT2D eigenvalue weighted by molar-refractivity contribution is 7.13. The number of aryl methyl sites for hydroxylation is 2. The number of nitrogens with one attached hydrogen (secondary N) is 4. The second-order valence-corrected chi connectivity index (χ2v) is 18.5. The molecule has 0 saturated carbocycles. The average Bonchev–Trinajstić information content (AvgIpc) is 4.01. The van der Waals surface area contributed by atoms with Gasteiger partial charge in [0.2, 0.25) is 23.7 Å². The van der Waals surface area contributed by atoms with Gasteiger partial charge in [-0.1, -0.05) is 88.7 Å². The van der Waals surface area contributed by atoms with Crippen molar-refractivity contribution in [1.29, 1.82) is 0 Å². The first kappa shape index (κ1) is 47.9. The molecule has 18 heteroatoms. The molecule has 64 heavy (non-hydrogen) atoms. The predicted octanol–water partition coefficient (Wildman–Crippen LogP) is 8.32. The van der Waals surface area contributed by atoms with Crippen molar-refractivity contribution in [1.82, 2.24) is 40.3 Å². The number of aliphatic hydroxyl groups excluding tert-OH is 1. The smallest absolute Gasteiger partial charge is 0.246 e. The Labute approximate surface area is 381 Å². The van der Waals surface area contributed by atoms with Crippen molar-refractivity contribution in [2.75, 3.05) is 17.2 Å². The zero-order chi connectivity index (χ0) is 45.8. The minimum atomic E-state index is -0.863. The molecule has 3 aromatic heterocycles. The Bertz CT molecular complexity index is 2350. The molecule has 4 heterocycles. The van der Waals surface area contributed by atoms with Gasteiger partial charge in [-0.25, -0.2) is 18.7 Å². The van der Waals surface area contributed by atoms with Crippen molar-refractivity contribution in [2.45, 2.75) is 123 Å². The average molecular weight is 920 g/mol. The van der Waals surface area contributed by atoms with Gasteiger partial charge in [-0.3, -0.25) is 19.1 Å². The largest absolute Gasteiger partial charge is 0.391 e. The van der Waals surface area contributed by atoms with Gasteiger partial charge >= 0.3 is 0 Å². The van der Waals surface area contributed by atoms with Crippen LogP contribution >= 0.6 is 22.9 Å². The number of benzene rings is 2. The van der Waals surface area contributed by atoms with Crippen LogP contribution in [-0.2, 0) is 34.0 Å². The van der Waals surface area contributed by atoms with Crippen LogP contribution in [0.15, 0.2) is 66.6 Å². The Morgan fingerprint density at radius 2 is 1.70 bits per heavy atom. The number of unbranched alkanes of at least 4 members (excludes halogenated alkanes) is 6. The lowest BCUT2D eigenvalue weighted by atomic mass is 9.85. The van der Waals surface area contributed by atoms with Crippen LogP contribution in [0.3, 0.4) is 0 Å². The summed E-state index contributed by atoms with van der Waals surface area (Å²) in [5.74, 6) is -1.47. The molecule has 5 aromatic rings. The van der Waals surface area contributed by atoms with Crippen molar-refractivity contribution < 1.29 is 28.3 Å². The number of carbonyl (C=O) groups excluding carboxylic acids is 3. The van der Waals surface area contributed by atoms with Gasteiger partial charge in [0.25, 0.3) is 0 Å². The molecule has 5 N–H and O–H groups in total. The SMILES string of the molecule is Cc1ncsc1-c1ccc(CNC(=O)[C@@H]2C[C@@H](O)CN2C(=O)[C@@H](NC(=O)CCCCCCCCCn2cc(Nc3ncc(Cl)c(NCc4cc(F)ccc4F)n3)cn2)C(C)(C)C)cc1. The third kappa shape index (κ3) is 13.5. The number of anilines is 3. The first-order valence-corrected chi connectivity index (χ1v) is 22.9. The van der Waals surface area contributed by atoms with Gasteiger partial charge in [0, 0.05) is 50.8 Å². The van der Waals surface area contributed by atoms with Gasteiger partial charge in [0.05, 0.1) is 40.3 Å². The Balaban J connectivity index is 0.863. The van der Waals surface area contributed by atoms with E-state index >= 15 is 0 Å². The van der Waals surface area contributed by atoms with E-state index in [0.717, 1.165) is 85.0 Å². The zero-order valence-corrected chi connectivity index (χ0v) is 38.2. The van der Waals surface area contributed by atoms with E-state index in [-0.39, 0.29) is 72.5 Å². The number of likely N-dealkylation sites (tertiary alicyclic amines) is 1. The number of hydrogen-bond donors (Lipinski definition) is 5. The highest BCUT2D eigenvalue weighted by Crippen LogP contribution is 2.29. The van der Waals surface area contributed by atoms with Crippen molar-refractivity contribution in [3.63, 3.8) is 0 Å². The third-order valence-corrected chi connectivity index (χ3v) is 12.3. The van der Waals surface area contributed by atoms with E-state index in [0.29, 0.717) is 12.1 Å². The number of β-amino-alcohol motifs (C(OH)–C–C–N with tert-alkyl or cyclic N) is 1. The standard InChI is InChI=1S/C46H57ClF2N10O4S/c1-29-40(64-28-53-29)31-15-13-30(14-16-31)22-51-43(62)38-21-35(60)27-59(38)44(63)41(46(2,3)4)56-39(61)12-10-8-6-5-7-9-11-19-58-26-34(24-54-58)55-45-52-25-36(47)42(57-45)50-23-32-20-33(48)17-18-37(32)49/h13-18,20,24-26,28,35,38,41,60H,5-12,19,21-23,27H2,1-4H3,(H,51,62)(H,56,61)(H2,50,52,55,57)/t35-,38+,41-/m1/s1. The van der Waals surface area contributed by atoms with Gasteiger partial charge in [-0.15, -0.1) is 11.3 Å². The fourth-order valence-electron chi connectivity index (χ4n) is 7.55. The summed E-state index contributed by atoms with van der Waals surface area (Å²) in [6.07, 6.45) is 11.1. The minimum absolute atomic E-state index is 0.0124. The van der Waals surface area contributed by atoms with E-state index < -0.39 is 35.2 Å². The molecule has 3 amide bonds. The monoisotopic (exact) mass is 918 g/mol. The predicted molar refractivity (Wildman–Crippen MR) is 245 cm³/mol. The molecule has 1 aliphatic rings. The summed E-state index contributed by atoms with van der Waals surface area (Å²) in [5, 5.41) is 27.1. The van der Waals surface area contributed by atoms with E-state index in [1.54, 1.807) is 17.5 Å². The number of rotatable bonds is 21. The van der Waals surface area contributed by atoms with Gasteiger partial charge in [0.1, 0.15) is 28.7 Å². The Hall–Kier alpha value is -5.52. The molecule has 14 nitrogen and oxygen atoms in total.